The minimum atomic E-state index is -1.03. The standard InChI is InChI=1S/C20H25NO5/c1-15-14-26-17(13-18(22)23)19(15)20(24)21(11-12-25-2)10-6-9-16-7-4-3-5-8-16/h3-5,7-8,14H,6,9-13H2,1-2H3,(H,22,23). The van der Waals surface area contributed by atoms with Gasteiger partial charge in [-0.2, -0.15) is 0 Å². The van der Waals surface area contributed by atoms with Crippen molar-refractivity contribution in [1.29, 1.82) is 0 Å². The number of carbonyl (C=O) groups is 2. The first-order valence-electron chi connectivity index (χ1n) is 8.63. The number of amides is 1. The van der Waals surface area contributed by atoms with E-state index >= 15 is 0 Å². The first kappa shape index (κ1) is 19.7. The van der Waals surface area contributed by atoms with Crippen LogP contribution in [0.4, 0.5) is 0 Å². The number of carbonyl (C=O) groups excluding carboxylic acids is 1. The van der Waals surface area contributed by atoms with Crippen LogP contribution in [0.5, 0.6) is 0 Å². The van der Waals surface area contributed by atoms with E-state index in [1.165, 1.54) is 11.8 Å². The molecule has 0 spiro atoms. The Morgan fingerprint density at radius 3 is 2.58 bits per heavy atom. The molecule has 0 fully saturated rings. The van der Waals surface area contributed by atoms with Crippen LogP contribution < -0.4 is 0 Å². The minimum absolute atomic E-state index is 0.200. The van der Waals surface area contributed by atoms with Gasteiger partial charge in [-0.3, -0.25) is 9.59 Å². The Morgan fingerprint density at radius 2 is 1.92 bits per heavy atom. The molecule has 0 atom stereocenters. The highest BCUT2D eigenvalue weighted by atomic mass is 16.5. The second-order valence-electron chi connectivity index (χ2n) is 6.16. The zero-order valence-corrected chi connectivity index (χ0v) is 15.2. The molecule has 0 radical (unpaired) electrons. The average molecular weight is 359 g/mol. The van der Waals surface area contributed by atoms with Gasteiger partial charge in [-0.05, 0) is 25.3 Å². The molecular weight excluding hydrogens is 334 g/mol. The summed E-state index contributed by atoms with van der Waals surface area (Å²) in [6.07, 6.45) is 2.80. The van der Waals surface area contributed by atoms with Gasteiger partial charge in [0, 0.05) is 25.8 Å². The molecule has 0 aliphatic heterocycles. The van der Waals surface area contributed by atoms with Crippen molar-refractivity contribution in [3.63, 3.8) is 0 Å². The van der Waals surface area contributed by atoms with Gasteiger partial charge in [0.2, 0.25) is 0 Å². The summed E-state index contributed by atoms with van der Waals surface area (Å²) in [5.74, 6) is -1.04. The highest BCUT2D eigenvalue weighted by Crippen LogP contribution is 2.20. The normalized spacial score (nSPS) is 10.7. The smallest absolute Gasteiger partial charge is 0.311 e. The van der Waals surface area contributed by atoms with Crippen molar-refractivity contribution in [3.05, 3.63) is 59.0 Å². The van der Waals surface area contributed by atoms with E-state index in [4.69, 9.17) is 14.3 Å². The maximum absolute atomic E-state index is 13.0. The molecule has 1 aromatic heterocycles. The Balaban J connectivity index is 2.09. The van der Waals surface area contributed by atoms with E-state index in [0.29, 0.717) is 30.8 Å². The Hall–Kier alpha value is -2.60. The number of ether oxygens (including phenoxy) is 1. The molecule has 1 aromatic carbocycles. The molecule has 1 heterocycles. The van der Waals surface area contributed by atoms with Crippen LogP contribution >= 0.6 is 0 Å². The number of aliphatic carboxylic acids is 1. The van der Waals surface area contributed by atoms with E-state index in [1.54, 1.807) is 18.9 Å². The van der Waals surface area contributed by atoms with Crippen molar-refractivity contribution in [2.45, 2.75) is 26.2 Å². The largest absolute Gasteiger partial charge is 0.481 e. The molecule has 140 valence electrons. The summed E-state index contributed by atoms with van der Waals surface area (Å²) in [5, 5.41) is 9.03. The molecule has 0 aliphatic carbocycles. The number of carboxylic acid groups (broad SMARTS) is 1. The molecule has 1 amide bonds. The topological polar surface area (TPSA) is 80.0 Å². The van der Waals surface area contributed by atoms with Crippen LogP contribution in [0.3, 0.4) is 0 Å². The predicted molar refractivity (Wildman–Crippen MR) is 97.3 cm³/mol. The van der Waals surface area contributed by atoms with Crippen molar-refractivity contribution in [2.75, 3.05) is 26.8 Å². The first-order valence-corrected chi connectivity index (χ1v) is 8.63. The van der Waals surface area contributed by atoms with Crippen LogP contribution in [0.1, 0.15) is 33.7 Å². The zero-order valence-electron chi connectivity index (χ0n) is 15.2. The van der Waals surface area contributed by atoms with Gasteiger partial charge in [-0.25, -0.2) is 0 Å². The van der Waals surface area contributed by atoms with Crippen molar-refractivity contribution in [1.82, 2.24) is 4.90 Å². The van der Waals surface area contributed by atoms with Crippen molar-refractivity contribution in [3.8, 4) is 0 Å². The second-order valence-corrected chi connectivity index (χ2v) is 6.16. The summed E-state index contributed by atoms with van der Waals surface area (Å²) < 4.78 is 10.4. The van der Waals surface area contributed by atoms with Crippen LogP contribution in [0.25, 0.3) is 0 Å². The number of aryl methyl sites for hydroxylation is 2. The fourth-order valence-corrected chi connectivity index (χ4v) is 2.85. The number of hydrogen-bond donors (Lipinski definition) is 1. The summed E-state index contributed by atoms with van der Waals surface area (Å²) in [4.78, 5) is 25.7. The minimum Gasteiger partial charge on any atom is -0.481 e. The number of methoxy groups -OCH3 is 1. The van der Waals surface area contributed by atoms with E-state index in [9.17, 15) is 9.59 Å². The van der Waals surface area contributed by atoms with Crippen molar-refractivity contribution in [2.24, 2.45) is 0 Å². The third kappa shape index (κ3) is 5.46. The quantitative estimate of drug-likeness (QED) is 0.705. The van der Waals surface area contributed by atoms with Gasteiger partial charge >= 0.3 is 5.97 Å². The lowest BCUT2D eigenvalue weighted by Gasteiger charge is -2.23. The fourth-order valence-electron chi connectivity index (χ4n) is 2.85. The third-order valence-corrected chi connectivity index (χ3v) is 4.17. The highest BCUT2D eigenvalue weighted by molar-refractivity contribution is 5.97. The molecule has 0 saturated carbocycles. The monoisotopic (exact) mass is 359 g/mol. The molecular formula is C20H25NO5. The maximum Gasteiger partial charge on any atom is 0.311 e. The number of benzene rings is 1. The summed E-state index contributed by atoms with van der Waals surface area (Å²) in [7, 11) is 1.59. The van der Waals surface area contributed by atoms with E-state index in [-0.39, 0.29) is 18.1 Å². The third-order valence-electron chi connectivity index (χ3n) is 4.17. The van der Waals surface area contributed by atoms with Gasteiger partial charge < -0.3 is 19.2 Å². The predicted octanol–water partition coefficient (Wildman–Crippen LogP) is 2.94. The van der Waals surface area contributed by atoms with E-state index in [0.717, 1.165) is 12.8 Å². The Bertz CT molecular complexity index is 723. The van der Waals surface area contributed by atoms with Crippen LogP contribution in [-0.4, -0.2) is 48.7 Å². The van der Waals surface area contributed by atoms with Gasteiger partial charge in [-0.15, -0.1) is 0 Å². The van der Waals surface area contributed by atoms with E-state index in [1.807, 2.05) is 18.2 Å². The van der Waals surface area contributed by atoms with Crippen LogP contribution in [0.2, 0.25) is 0 Å². The van der Waals surface area contributed by atoms with Crippen LogP contribution in [0.15, 0.2) is 41.0 Å². The highest BCUT2D eigenvalue weighted by Gasteiger charge is 2.24. The summed E-state index contributed by atoms with van der Waals surface area (Å²) in [5.41, 5.74) is 2.22. The Morgan fingerprint density at radius 1 is 1.19 bits per heavy atom. The maximum atomic E-state index is 13.0. The molecule has 0 unspecified atom stereocenters. The molecule has 2 rings (SSSR count). The van der Waals surface area contributed by atoms with Gasteiger partial charge in [-0.1, -0.05) is 30.3 Å². The van der Waals surface area contributed by atoms with Gasteiger partial charge in [0.15, 0.2) is 0 Å². The first-order chi connectivity index (χ1) is 12.5. The summed E-state index contributed by atoms with van der Waals surface area (Å²) >= 11 is 0. The molecule has 1 N–H and O–H groups in total. The lowest BCUT2D eigenvalue weighted by Crippen LogP contribution is -2.35. The number of carboxylic acids is 1. The van der Waals surface area contributed by atoms with E-state index in [2.05, 4.69) is 12.1 Å². The molecule has 6 nitrogen and oxygen atoms in total. The average Bonchev–Trinajstić information content (AvgIpc) is 2.97. The lowest BCUT2D eigenvalue weighted by molar-refractivity contribution is -0.136. The van der Waals surface area contributed by atoms with Crippen LogP contribution in [-0.2, 0) is 22.4 Å². The summed E-state index contributed by atoms with van der Waals surface area (Å²) in [6, 6.07) is 10.1. The number of nitrogens with zero attached hydrogens (tertiary/aromatic N) is 1. The molecule has 26 heavy (non-hydrogen) atoms. The zero-order chi connectivity index (χ0) is 18.9. The van der Waals surface area contributed by atoms with Crippen molar-refractivity contribution >= 4 is 11.9 Å². The molecule has 0 bridgehead atoms. The van der Waals surface area contributed by atoms with Gasteiger partial charge in [0.05, 0.1) is 18.4 Å². The number of hydrogen-bond acceptors (Lipinski definition) is 4. The molecule has 0 saturated heterocycles. The number of rotatable bonds is 10. The summed E-state index contributed by atoms with van der Waals surface area (Å²) in [6.45, 7) is 3.18. The Labute approximate surface area is 153 Å². The van der Waals surface area contributed by atoms with Gasteiger partial charge in [0.25, 0.3) is 5.91 Å². The Kier molecular flexibility index (Phi) is 7.41. The fraction of sp³-hybridized carbons (Fsp3) is 0.400. The van der Waals surface area contributed by atoms with Gasteiger partial charge in [0.1, 0.15) is 12.2 Å². The lowest BCUT2D eigenvalue weighted by atomic mass is 10.1. The number of furan rings is 1. The SMILES string of the molecule is COCCN(CCCc1ccccc1)C(=O)c1c(C)coc1CC(=O)O. The molecule has 0 aliphatic rings. The molecule has 2 aromatic rings. The second kappa shape index (κ2) is 9.77. The van der Waals surface area contributed by atoms with E-state index < -0.39 is 5.97 Å². The van der Waals surface area contributed by atoms with Crippen molar-refractivity contribution < 1.29 is 23.8 Å². The molecule has 6 heteroatoms. The van der Waals surface area contributed by atoms with Crippen LogP contribution in [0, 0.1) is 6.92 Å².